The number of anilines is 1. The predicted octanol–water partition coefficient (Wildman–Crippen LogP) is 8.21. The molecule has 1 spiro atoms. The molecule has 2 saturated carbocycles. The van der Waals surface area contributed by atoms with Crippen molar-refractivity contribution in [3.05, 3.63) is 102 Å². The third-order valence-electron chi connectivity index (χ3n) is 8.88. The zero-order chi connectivity index (χ0) is 27.4. The summed E-state index contributed by atoms with van der Waals surface area (Å²) in [5, 5.41) is 12.1. The molecule has 0 bridgehead atoms. The Labute approximate surface area is 234 Å². The average molecular weight is 520 g/mol. The lowest BCUT2D eigenvalue weighted by molar-refractivity contribution is 0.121. The second-order valence-electron chi connectivity index (χ2n) is 11.2. The summed E-state index contributed by atoms with van der Waals surface area (Å²) in [6.07, 6.45) is 18.8. The Kier molecular flexibility index (Phi) is 7.81. The monoisotopic (exact) mass is 519 g/mol. The van der Waals surface area contributed by atoms with Gasteiger partial charge in [0.25, 0.3) is 0 Å². The Morgan fingerprint density at radius 3 is 2.64 bits per heavy atom. The van der Waals surface area contributed by atoms with E-state index >= 15 is 0 Å². The molecule has 3 aliphatic rings. The maximum Gasteiger partial charge on any atom is 0.152 e. The van der Waals surface area contributed by atoms with Crippen LogP contribution in [0.3, 0.4) is 0 Å². The van der Waals surface area contributed by atoms with E-state index < -0.39 is 0 Å². The molecule has 0 unspecified atom stereocenters. The van der Waals surface area contributed by atoms with Crippen molar-refractivity contribution in [1.82, 2.24) is 4.98 Å². The van der Waals surface area contributed by atoms with Crippen molar-refractivity contribution in [2.24, 2.45) is 22.1 Å². The highest BCUT2D eigenvalue weighted by Gasteiger charge is 2.37. The minimum atomic E-state index is 0. The van der Waals surface area contributed by atoms with E-state index in [1.165, 1.54) is 49.7 Å². The summed E-state index contributed by atoms with van der Waals surface area (Å²) in [6.45, 7) is 9.87. The van der Waals surface area contributed by atoms with Crippen molar-refractivity contribution in [3.63, 3.8) is 0 Å². The first-order valence-corrected chi connectivity index (χ1v) is 14.1. The van der Waals surface area contributed by atoms with E-state index in [1.807, 2.05) is 31.3 Å². The zero-order valence-corrected chi connectivity index (χ0v) is 23.0. The molecule has 5 rings (SSSR count). The van der Waals surface area contributed by atoms with Gasteiger partial charge in [-0.05, 0) is 98.3 Å². The maximum absolute atomic E-state index is 8.62. The molecule has 0 amide bonds. The molecule has 202 valence electrons. The van der Waals surface area contributed by atoms with Crippen molar-refractivity contribution in [2.75, 3.05) is 5.32 Å². The Bertz CT molecular complexity index is 1430. The Balaban J connectivity index is 0.00000370. The molecule has 1 aromatic heterocycles. The molecule has 1 aromatic carbocycles. The molecule has 4 N–H and O–H groups in total. The number of nitrogens with two attached hydrogens (primary N) is 1. The summed E-state index contributed by atoms with van der Waals surface area (Å²) in [5.41, 5.74) is 18.0. The number of aryl methyl sites for hydroxylation is 1. The fourth-order valence-corrected chi connectivity index (χ4v) is 5.86. The van der Waals surface area contributed by atoms with Crippen LogP contribution in [0.25, 0.3) is 11.1 Å². The highest BCUT2D eigenvalue weighted by molar-refractivity contribution is 6.10. The molecule has 3 aliphatic carbocycles. The number of nitrogens with zero attached hydrogens (tertiary/aromatic N) is 2. The summed E-state index contributed by atoms with van der Waals surface area (Å²) in [4.78, 5) is 9.25. The van der Waals surface area contributed by atoms with E-state index in [0.29, 0.717) is 17.0 Å². The van der Waals surface area contributed by atoms with Crippen molar-refractivity contribution >= 4 is 28.4 Å². The van der Waals surface area contributed by atoms with Crippen LogP contribution < -0.4 is 11.1 Å². The first kappa shape index (κ1) is 26.6. The summed E-state index contributed by atoms with van der Waals surface area (Å²) in [5.74, 6) is 0.655. The highest BCUT2D eigenvalue weighted by Crippen LogP contribution is 2.52. The van der Waals surface area contributed by atoms with Crippen molar-refractivity contribution < 1.29 is 1.43 Å². The molecule has 39 heavy (non-hydrogen) atoms. The highest BCUT2D eigenvalue weighted by atomic mass is 14.9. The van der Waals surface area contributed by atoms with E-state index in [-0.39, 0.29) is 7.26 Å². The molecule has 0 saturated heterocycles. The normalized spacial score (nSPS) is 18.8. The molecule has 5 nitrogen and oxygen atoms in total. The number of hydrogen-bond donors (Lipinski definition) is 3. The van der Waals surface area contributed by atoms with Gasteiger partial charge in [-0.15, -0.1) is 5.73 Å². The number of hydrogen-bond acceptors (Lipinski definition) is 4. The second kappa shape index (κ2) is 11.4. The SMILES string of the molecule is C=C=C(Nc1cc(C(=N)N=C(C=C)C2CCC2)ccc1C)/C(=C/N)c1cc(C2=CCC3(CCC3)CC2)ccn1.[HH]. The maximum atomic E-state index is 8.62. The number of rotatable bonds is 8. The lowest BCUT2D eigenvalue weighted by Crippen LogP contribution is -2.30. The van der Waals surface area contributed by atoms with Crippen molar-refractivity contribution in [2.45, 2.75) is 64.7 Å². The van der Waals surface area contributed by atoms with Crippen molar-refractivity contribution in [3.8, 4) is 0 Å². The predicted molar refractivity (Wildman–Crippen MR) is 166 cm³/mol. The quantitative estimate of drug-likeness (QED) is 0.142. The molecule has 2 aromatic rings. The van der Waals surface area contributed by atoms with Crippen LogP contribution in [0.1, 0.15) is 81.6 Å². The van der Waals surface area contributed by atoms with Crippen LogP contribution in [0.5, 0.6) is 0 Å². The zero-order valence-electron chi connectivity index (χ0n) is 23.0. The first-order chi connectivity index (χ1) is 18.9. The van der Waals surface area contributed by atoms with Gasteiger partial charge in [0.2, 0.25) is 0 Å². The van der Waals surface area contributed by atoms with Crippen LogP contribution in [0.15, 0.2) is 84.5 Å². The number of nitrogens with one attached hydrogen (secondary N) is 2. The van der Waals surface area contributed by atoms with Gasteiger partial charge >= 0.3 is 0 Å². The van der Waals surface area contributed by atoms with E-state index in [1.54, 1.807) is 12.3 Å². The molecular weight excluding hydrogens is 478 g/mol. The third kappa shape index (κ3) is 5.60. The van der Waals surface area contributed by atoms with Gasteiger partial charge < -0.3 is 11.1 Å². The van der Waals surface area contributed by atoms with Crippen LogP contribution in [-0.4, -0.2) is 16.5 Å². The number of pyridine rings is 1. The molecule has 0 radical (unpaired) electrons. The van der Waals surface area contributed by atoms with Gasteiger partial charge in [0.15, 0.2) is 5.84 Å². The number of aromatic nitrogens is 1. The van der Waals surface area contributed by atoms with Crippen LogP contribution >= 0.6 is 0 Å². The smallest absolute Gasteiger partial charge is 0.152 e. The molecular formula is C34H41N5. The molecule has 5 heteroatoms. The number of benzene rings is 1. The largest absolute Gasteiger partial charge is 0.404 e. The minimum absolute atomic E-state index is 0. The number of amidine groups is 1. The van der Waals surface area contributed by atoms with Gasteiger partial charge in [0.1, 0.15) is 0 Å². The van der Waals surface area contributed by atoms with Gasteiger partial charge in [0.05, 0.1) is 11.4 Å². The van der Waals surface area contributed by atoms with E-state index in [2.05, 4.69) is 52.4 Å². The van der Waals surface area contributed by atoms with Crippen molar-refractivity contribution in [1.29, 1.82) is 5.41 Å². The summed E-state index contributed by atoms with van der Waals surface area (Å²) < 4.78 is 0. The Morgan fingerprint density at radius 1 is 1.23 bits per heavy atom. The van der Waals surface area contributed by atoms with Crippen LogP contribution in [0.4, 0.5) is 5.69 Å². The van der Waals surface area contributed by atoms with E-state index in [4.69, 9.17) is 11.1 Å². The summed E-state index contributed by atoms with van der Waals surface area (Å²) in [6, 6.07) is 10.1. The fraction of sp³-hybridized carbons (Fsp3) is 0.353. The second-order valence-corrected chi connectivity index (χ2v) is 11.2. The fourth-order valence-electron chi connectivity index (χ4n) is 5.86. The third-order valence-corrected chi connectivity index (χ3v) is 8.88. The summed E-state index contributed by atoms with van der Waals surface area (Å²) in [7, 11) is 0. The van der Waals surface area contributed by atoms with Gasteiger partial charge in [-0.3, -0.25) is 10.4 Å². The van der Waals surface area contributed by atoms with Crippen LogP contribution in [0, 0.1) is 23.7 Å². The van der Waals surface area contributed by atoms with Gasteiger partial charge in [0, 0.05) is 42.3 Å². The molecule has 1 heterocycles. The lowest BCUT2D eigenvalue weighted by Gasteiger charge is -2.44. The topological polar surface area (TPSA) is 87.2 Å². The van der Waals surface area contributed by atoms with Crippen LogP contribution in [-0.2, 0) is 0 Å². The summed E-state index contributed by atoms with van der Waals surface area (Å²) >= 11 is 0. The first-order valence-electron chi connectivity index (χ1n) is 14.1. The number of allylic oxidation sites excluding steroid dienone is 4. The Hall–Kier alpha value is -3.95. The molecule has 2 fully saturated rings. The standard InChI is InChI=1S/C34H39N5.H2/c1-4-29(25-8-6-9-25)39-33(36)27-11-10-23(3)31(21-27)38-30(5-2)28(22-35)32-20-26(14-19-37-32)24-12-17-34(18-13-24)15-7-16-34;/h4,10-12,14,19-22,25,36,38H,1-2,6-9,13,15-18,35H2,3H3;1H/b28-22-,36-33?,39-29?;. The van der Waals surface area contributed by atoms with Crippen LogP contribution in [0.2, 0.25) is 0 Å². The lowest BCUT2D eigenvalue weighted by atomic mass is 9.61. The van der Waals surface area contributed by atoms with E-state index in [9.17, 15) is 0 Å². The molecule has 0 aliphatic heterocycles. The molecule has 0 atom stereocenters. The van der Waals surface area contributed by atoms with Gasteiger partial charge in [-0.1, -0.05) is 44.2 Å². The Morgan fingerprint density at radius 2 is 2.05 bits per heavy atom. The minimum Gasteiger partial charge on any atom is -0.404 e. The van der Waals surface area contributed by atoms with Gasteiger partial charge in [-0.2, -0.15) is 0 Å². The average Bonchev–Trinajstić information content (AvgIpc) is 2.91. The van der Waals surface area contributed by atoms with Gasteiger partial charge in [-0.25, -0.2) is 4.99 Å². The van der Waals surface area contributed by atoms with E-state index in [0.717, 1.165) is 53.1 Å². The number of aliphatic imine (C=N–C) groups is 1.